The SMILES string of the molecule is COc1cc([C@H](C)NC(=O)c2cc(C(C)C)n(C(C)(C)C)n2)cc(OC)c1OC. The Morgan fingerprint density at radius 3 is 1.93 bits per heavy atom. The fourth-order valence-corrected chi connectivity index (χ4v) is 3.16. The molecule has 1 amide bonds. The standard InChI is InChI=1S/C22H33N3O4/c1-13(2)17-12-16(24-25(17)22(4,5)6)21(26)23-14(3)15-10-18(27-7)20(29-9)19(11-15)28-8/h10-14H,1-9H3,(H,23,26)/t14-/m0/s1. The van der Waals surface area contributed by atoms with E-state index in [-0.39, 0.29) is 23.4 Å². The van der Waals surface area contributed by atoms with Crippen molar-refractivity contribution in [2.45, 2.75) is 59.0 Å². The molecule has 1 aromatic heterocycles. The van der Waals surface area contributed by atoms with Gasteiger partial charge in [-0.15, -0.1) is 0 Å². The van der Waals surface area contributed by atoms with Gasteiger partial charge in [-0.1, -0.05) is 13.8 Å². The van der Waals surface area contributed by atoms with Crippen LogP contribution in [0.5, 0.6) is 17.2 Å². The van der Waals surface area contributed by atoms with Crippen LogP contribution in [0, 0.1) is 0 Å². The first-order valence-corrected chi connectivity index (χ1v) is 9.74. The van der Waals surface area contributed by atoms with Crippen molar-refractivity contribution < 1.29 is 19.0 Å². The Morgan fingerprint density at radius 2 is 1.55 bits per heavy atom. The molecular formula is C22H33N3O4. The molecule has 2 aromatic rings. The molecule has 7 heteroatoms. The number of carbonyl (C=O) groups excluding carboxylic acids is 1. The Labute approximate surface area is 173 Å². The lowest BCUT2D eigenvalue weighted by atomic mass is 10.1. The van der Waals surface area contributed by atoms with Crippen LogP contribution in [0.15, 0.2) is 18.2 Å². The van der Waals surface area contributed by atoms with Crippen LogP contribution in [0.4, 0.5) is 0 Å². The molecule has 0 aliphatic carbocycles. The van der Waals surface area contributed by atoms with Gasteiger partial charge >= 0.3 is 0 Å². The van der Waals surface area contributed by atoms with Crippen molar-refractivity contribution in [1.29, 1.82) is 0 Å². The van der Waals surface area contributed by atoms with Gasteiger partial charge in [0.15, 0.2) is 11.5 Å². The predicted molar refractivity (Wildman–Crippen MR) is 113 cm³/mol. The zero-order valence-corrected chi connectivity index (χ0v) is 18.9. The van der Waals surface area contributed by atoms with Gasteiger partial charge < -0.3 is 19.5 Å². The maximum Gasteiger partial charge on any atom is 0.272 e. The maximum absolute atomic E-state index is 12.9. The minimum atomic E-state index is -0.279. The zero-order chi connectivity index (χ0) is 21.9. The summed E-state index contributed by atoms with van der Waals surface area (Å²) in [6.07, 6.45) is 0. The van der Waals surface area contributed by atoms with Crippen LogP contribution >= 0.6 is 0 Å². The van der Waals surface area contributed by atoms with E-state index in [4.69, 9.17) is 14.2 Å². The maximum atomic E-state index is 12.9. The van der Waals surface area contributed by atoms with Crippen LogP contribution in [-0.2, 0) is 5.54 Å². The molecule has 0 aliphatic heterocycles. The Kier molecular flexibility index (Phi) is 6.82. The van der Waals surface area contributed by atoms with E-state index >= 15 is 0 Å². The number of hydrogen-bond acceptors (Lipinski definition) is 5. The Bertz CT molecular complexity index is 840. The Morgan fingerprint density at radius 1 is 1.00 bits per heavy atom. The molecule has 0 saturated heterocycles. The number of carbonyl (C=O) groups is 1. The van der Waals surface area contributed by atoms with E-state index < -0.39 is 0 Å². The van der Waals surface area contributed by atoms with Gasteiger partial charge in [-0.25, -0.2) is 0 Å². The second-order valence-corrected chi connectivity index (χ2v) is 8.35. The second kappa shape index (κ2) is 8.76. The molecule has 1 heterocycles. The second-order valence-electron chi connectivity index (χ2n) is 8.35. The van der Waals surface area contributed by atoms with E-state index in [1.165, 1.54) is 0 Å². The number of rotatable bonds is 7. The summed E-state index contributed by atoms with van der Waals surface area (Å²) in [5.74, 6) is 1.64. The lowest BCUT2D eigenvalue weighted by Crippen LogP contribution is -2.29. The summed E-state index contributed by atoms with van der Waals surface area (Å²) in [5.41, 5.74) is 2.07. The van der Waals surface area contributed by atoms with Crippen molar-refractivity contribution in [2.24, 2.45) is 0 Å². The number of aromatic nitrogens is 2. The van der Waals surface area contributed by atoms with E-state index in [2.05, 4.69) is 45.0 Å². The smallest absolute Gasteiger partial charge is 0.272 e. The number of hydrogen-bond donors (Lipinski definition) is 1. The molecule has 0 radical (unpaired) electrons. The van der Waals surface area contributed by atoms with Gasteiger partial charge in [-0.05, 0) is 57.4 Å². The number of benzene rings is 1. The number of methoxy groups -OCH3 is 3. The summed E-state index contributed by atoms with van der Waals surface area (Å²) in [7, 11) is 4.69. The van der Waals surface area contributed by atoms with E-state index in [1.54, 1.807) is 21.3 Å². The average molecular weight is 404 g/mol. The van der Waals surface area contributed by atoms with Crippen LogP contribution in [0.25, 0.3) is 0 Å². The van der Waals surface area contributed by atoms with Crippen LogP contribution in [-0.4, -0.2) is 37.0 Å². The van der Waals surface area contributed by atoms with Crippen molar-refractivity contribution in [1.82, 2.24) is 15.1 Å². The van der Waals surface area contributed by atoms with Crippen LogP contribution in [0.1, 0.15) is 75.2 Å². The molecule has 0 bridgehead atoms. The lowest BCUT2D eigenvalue weighted by Gasteiger charge is -2.23. The van der Waals surface area contributed by atoms with Crippen LogP contribution in [0.3, 0.4) is 0 Å². The molecule has 0 spiro atoms. The molecule has 0 aliphatic rings. The van der Waals surface area contributed by atoms with Gasteiger partial charge in [0.1, 0.15) is 5.69 Å². The van der Waals surface area contributed by atoms with Crippen molar-refractivity contribution in [3.05, 3.63) is 35.2 Å². The summed E-state index contributed by atoms with van der Waals surface area (Å²) < 4.78 is 18.1. The highest BCUT2D eigenvalue weighted by Gasteiger charge is 2.25. The van der Waals surface area contributed by atoms with Gasteiger partial charge in [-0.2, -0.15) is 5.10 Å². The van der Waals surface area contributed by atoms with E-state index in [1.807, 2.05) is 29.8 Å². The number of amides is 1. The molecule has 0 fully saturated rings. The van der Waals surface area contributed by atoms with Crippen molar-refractivity contribution in [2.75, 3.05) is 21.3 Å². The van der Waals surface area contributed by atoms with E-state index in [9.17, 15) is 4.79 Å². The molecule has 29 heavy (non-hydrogen) atoms. The normalized spacial score (nSPS) is 12.6. The molecule has 0 saturated carbocycles. The zero-order valence-electron chi connectivity index (χ0n) is 18.9. The molecule has 1 aromatic carbocycles. The van der Waals surface area contributed by atoms with E-state index in [0.717, 1.165) is 11.3 Å². The molecule has 0 unspecified atom stereocenters. The van der Waals surface area contributed by atoms with Crippen molar-refractivity contribution in [3.8, 4) is 17.2 Å². The van der Waals surface area contributed by atoms with Crippen LogP contribution < -0.4 is 19.5 Å². The minimum Gasteiger partial charge on any atom is -0.493 e. The van der Waals surface area contributed by atoms with Gasteiger partial charge in [0.2, 0.25) is 5.75 Å². The highest BCUT2D eigenvalue weighted by Crippen LogP contribution is 2.39. The highest BCUT2D eigenvalue weighted by molar-refractivity contribution is 5.92. The Balaban J connectivity index is 2.32. The first kappa shape index (κ1) is 22.6. The third kappa shape index (κ3) is 4.83. The molecule has 7 nitrogen and oxygen atoms in total. The van der Waals surface area contributed by atoms with E-state index in [0.29, 0.717) is 22.9 Å². The summed E-state index contributed by atoms with van der Waals surface area (Å²) in [4.78, 5) is 12.9. The number of nitrogens with one attached hydrogen (secondary N) is 1. The summed E-state index contributed by atoms with van der Waals surface area (Å²) >= 11 is 0. The van der Waals surface area contributed by atoms with Gasteiger partial charge in [0, 0.05) is 5.69 Å². The lowest BCUT2D eigenvalue weighted by molar-refractivity contribution is 0.0933. The third-order valence-corrected chi connectivity index (χ3v) is 4.73. The average Bonchev–Trinajstić information content (AvgIpc) is 3.13. The molecule has 1 atom stereocenters. The van der Waals surface area contributed by atoms with Gasteiger partial charge in [0.25, 0.3) is 5.91 Å². The van der Waals surface area contributed by atoms with Crippen LogP contribution in [0.2, 0.25) is 0 Å². The van der Waals surface area contributed by atoms with Crippen molar-refractivity contribution >= 4 is 5.91 Å². The van der Waals surface area contributed by atoms with Gasteiger partial charge in [0.05, 0.1) is 32.9 Å². The monoisotopic (exact) mass is 403 g/mol. The summed E-state index contributed by atoms with van der Waals surface area (Å²) in [6.45, 7) is 12.3. The molecule has 2 rings (SSSR count). The largest absolute Gasteiger partial charge is 0.493 e. The fraction of sp³-hybridized carbons (Fsp3) is 0.545. The first-order chi connectivity index (χ1) is 13.5. The number of ether oxygens (including phenoxy) is 3. The van der Waals surface area contributed by atoms with Crippen molar-refractivity contribution in [3.63, 3.8) is 0 Å². The Hall–Kier alpha value is -2.70. The number of nitrogens with zero attached hydrogens (tertiary/aromatic N) is 2. The minimum absolute atomic E-state index is 0.208. The molecule has 1 N–H and O–H groups in total. The topological polar surface area (TPSA) is 74.6 Å². The summed E-state index contributed by atoms with van der Waals surface area (Å²) in [6, 6.07) is 5.25. The molecular weight excluding hydrogens is 370 g/mol. The first-order valence-electron chi connectivity index (χ1n) is 9.74. The van der Waals surface area contributed by atoms with Gasteiger partial charge in [-0.3, -0.25) is 9.48 Å². The highest BCUT2D eigenvalue weighted by atomic mass is 16.5. The predicted octanol–water partition coefficient (Wildman–Crippen LogP) is 4.28. The summed E-state index contributed by atoms with van der Waals surface area (Å²) in [5, 5.41) is 7.60. The fourth-order valence-electron chi connectivity index (χ4n) is 3.16. The third-order valence-electron chi connectivity index (χ3n) is 4.73. The molecule has 160 valence electrons. The quantitative estimate of drug-likeness (QED) is 0.747.